The van der Waals surface area contributed by atoms with Gasteiger partial charge in [-0.05, 0) is 6.42 Å². The minimum absolute atomic E-state index is 0.166. The van der Waals surface area contributed by atoms with Crippen molar-refractivity contribution >= 4 is 5.82 Å². The van der Waals surface area contributed by atoms with Crippen LogP contribution in [0.5, 0.6) is 0 Å². The van der Waals surface area contributed by atoms with Crippen molar-refractivity contribution in [2.75, 3.05) is 11.9 Å². The van der Waals surface area contributed by atoms with Crippen LogP contribution in [0.3, 0.4) is 0 Å². The first-order chi connectivity index (χ1) is 5.34. The van der Waals surface area contributed by atoms with Crippen LogP contribution in [0.2, 0.25) is 0 Å². The van der Waals surface area contributed by atoms with E-state index in [4.69, 9.17) is 0 Å². The van der Waals surface area contributed by atoms with Crippen LogP contribution in [0.4, 0.5) is 5.82 Å². The van der Waals surface area contributed by atoms with E-state index in [2.05, 4.69) is 15.3 Å². The molecule has 0 fully saturated rings. The van der Waals surface area contributed by atoms with Crippen molar-refractivity contribution in [1.82, 2.24) is 9.97 Å². The van der Waals surface area contributed by atoms with E-state index >= 15 is 0 Å². The summed E-state index contributed by atoms with van der Waals surface area (Å²) in [5.74, 6) is 0.398. The Labute approximate surface area is 64.7 Å². The third kappa shape index (κ3) is 2.07. The van der Waals surface area contributed by atoms with Gasteiger partial charge in [0.15, 0.2) is 5.82 Å². The van der Waals surface area contributed by atoms with E-state index in [1.807, 2.05) is 6.92 Å². The second-order valence-electron chi connectivity index (χ2n) is 2.19. The third-order valence-electron chi connectivity index (χ3n) is 1.25. The fourth-order valence-electron chi connectivity index (χ4n) is 0.721. The Morgan fingerprint density at radius 3 is 3.18 bits per heavy atom. The molecule has 0 unspecified atom stereocenters. The second-order valence-corrected chi connectivity index (χ2v) is 2.19. The fraction of sp³-hybridized carbons (Fsp3) is 0.429. The summed E-state index contributed by atoms with van der Waals surface area (Å²) in [7, 11) is 0. The van der Waals surface area contributed by atoms with Gasteiger partial charge in [-0.1, -0.05) is 6.92 Å². The van der Waals surface area contributed by atoms with Crippen LogP contribution in [0.25, 0.3) is 0 Å². The SMILES string of the molecule is CCCNc1ncc[nH]c1=O. The maximum atomic E-state index is 10.9. The second kappa shape index (κ2) is 3.75. The summed E-state index contributed by atoms with van der Waals surface area (Å²) in [6.45, 7) is 2.81. The van der Waals surface area contributed by atoms with Crippen LogP contribution in [0.15, 0.2) is 17.2 Å². The van der Waals surface area contributed by atoms with Crippen LogP contribution in [0, 0.1) is 0 Å². The predicted octanol–water partition coefficient (Wildman–Crippen LogP) is 0.592. The van der Waals surface area contributed by atoms with E-state index < -0.39 is 0 Å². The summed E-state index contributed by atoms with van der Waals surface area (Å²) < 4.78 is 0. The van der Waals surface area contributed by atoms with E-state index in [1.54, 1.807) is 6.20 Å². The van der Waals surface area contributed by atoms with Gasteiger partial charge in [0.1, 0.15) is 0 Å². The molecule has 0 amide bonds. The minimum atomic E-state index is -0.166. The highest BCUT2D eigenvalue weighted by Crippen LogP contribution is 1.88. The molecule has 0 spiro atoms. The molecule has 2 N–H and O–H groups in total. The van der Waals surface area contributed by atoms with Gasteiger partial charge in [-0.25, -0.2) is 4.98 Å². The van der Waals surface area contributed by atoms with Gasteiger partial charge in [-0.2, -0.15) is 0 Å². The topological polar surface area (TPSA) is 57.8 Å². The lowest BCUT2D eigenvalue weighted by molar-refractivity contribution is 0.958. The molecule has 0 aliphatic rings. The Balaban J connectivity index is 2.70. The van der Waals surface area contributed by atoms with E-state index in [1.165, 1.54) is 6.20 Å². The lowest BCUT2D eigenvalue weighted by Gasteiger charge is -1.99. The first-order valence-electron chi connectivity index (χ1n) is 3.62. The molecule has 0 aliphatic heterocycles. The van der Waals surface area contributed by atoms with Crippen molar-refractivity contribution in [1.29, 1.82) is 0 Å². The first-order valence-corrected chi connectivity index (χ1v) is 3.62. The number of aromatic amines is 1. The number of nitrogens with one attached hydrogen (secondary N) is 2. The summed E-state index contributed by atoms with van der Waals surface area (Å²) in [4.78, 5) is 17.3. The Kier molecular flexibility index (Phi) is 2.66. The lowest BCUT2D eigenvalue weighted by atomic mass is 10.5. The zero-order valence-corrected chi connectivity index (χ0v) is 6.42. The van der Waals surface area contributed by atoms with Crippen LogP contribution in [-0.4, -0.2) is 16.5 Å². The molecule has 0 aromatic carbocycles. The van der Waals surface area contributed by atoms with Crippen molar-refractivity contribution in [3.05, 3.63) is 22.7 Å². The third-order valence-corrected chi connectivity index (χ3v) is 1.25. The zero-order chi connectivity index (χ0) is 8.10. The standard InChI is InChI=1S/C7H11N3O/c1-2-3-8-6-7(11)10-5-4-9-6/h4-5H,2-3H2,1H3,(H,8,9)(H,10,11). The van der Waals surface area contributed by atoms with E-state index in [9.17, 15) is 4.79 Å². The Morgan fingerprint density at radius 1 is 1.73 bits per heavy atom. The average Bonchev–Trinajstić information content (AvgIpc) is 2.03. The predicted molar refractivity (Wildman–Crippen MR) is 43.6 cm³/mol. The van der Waals surface area contributed by atoms with Crippen molar-refractivity contribution < 1.29 is 0 Å². The molecule has 1 rings (SSSR count). The van der Waals surface area contributed by atoms with Gasteiger partial charge in [-0.15, -0.1) is 0 Å². The molecule has 1 aromatic heterocycles. The van der Waals surface area contributed by atoms with Gasteiger partial charge in [0.25, 0.3) is 5.56 Å². The van der Waals surface area contributed by atoms with Crippen molar-refractivity contribution in [3.63, 3.8) is 0 Å². The van der Waals surface area contributed by atoms with Crippen LogP contribution < -0.4 is 10.9 Å². The number of rotatable bonds is 3. The number of anilines is 1. The van der Waals surface area contributed by atoms with Crippen molar-refractivity contribution in [2.24, 2.45) is 0 Å². The highest BCUT2D eigenvalue weighted by Gasteiger charge is 1.94. The highest BCUT2D eigenvalue weighted by atomic mass is 16.1. The molecule has 4 heteroatoms. The molecule has 0 radical (unpaired) electrons. The monoisotopic (exact) mass is 153 g/mol. The van der Waals surface area contributed by atoms with Crippen LogP contribution in [0.1, 0.15) is 13.3 Å². The number of aromatic nitrogens is 2. The van der Waals surface area contributed by atoms with Gasteiger partial charge in [0, 0.05) is 18.9 Å². The first kappa shape index (κ1) is 7.78. The lowest BCUT2D eigenvalue weighted by Crippen LogP contribution is -2.15. The molecule has 0 bridgehead atoms. The molecular weight excluding hydrogens is 142 g/mol. The summed E-state index contributed by atoms with van der Waals surface area (Å²) in [6, 6.07) is 0. The van der Waals surface area contributed by atoms with E-state index in [-0.39, 0.29) is 5.56 Å². The number of hydrogen-bond acceptors (Lipinski definition) is 3. The quantitative estimate of drug-likeness (QED) is 0.668. The largest absolute Gasteiger partial charge is 0.365 e. The summed E-state index contributed by atoms with van der Waals surface area (Å²) in [5.41, 5.74) is -0.166. The van der Waals surface area contributed by atoms with Gasteiger partial charge >= 0.3 is 0 Å². The number of nitrogens with zero attached hydrogens (tertiary/aromatic N) is 1. The molecule has 0 saturated heterocycles. The van der Waals surface area contributed by atoms with Gasteiger partial charge in [0.05, 0.1) is 0 Å². The van der Waals surface area contributed by atoms with Gasteiger partial charge < -0.3 is 10.3 Å². The number of hydrogen-bond donors (Lipinski definition) is 2. The van der Waals surface area contributed by atoms with Gasteiger partial charge in [-0.3, -0.25) is 4.79 Å². The molecule has 0 aliphatic carbocycles. The van der Waals surface area contributed by atoms with Gasteiger partial charge in [0.2, 0.25) is 0 Å². The normalized spacial score (nSPS) is 9.55. The molecule has 11 heavy (non-hydrogen) atoms. The zero-order valence-electron chi connectivity index (χ0n) is 6.42. The molecular formula is C7H11N3O. The average molecular weight is 153 g/mol. The van der Waals surface area contributed by atoms with Crippen molar-refractivity contribution in [2.45, 2.75) is 13.3 Å². The maximum Gasteiger partial charge on any atom is 0.290 e. The summed E-state index contributed by atoms with van der Waals surface area (Å²) in [6.07, 6.45) is 4.05. The van der Waals surface area contributed by atoms with E-state index in [0.717, 1.165) is 13.0 Å². The molecule has 1 aromatic rings. The van der Waals surface area contributed by atoms with Crippen LogP contribution in [-0.2, 0) is 0 Å². The number of H-pyrrole nitrogens is 1. The molecule has 1 heterocycles. The molecule has 0 atom stereocenters. The Bertz CT molecular complexity index is 268. The smallest absolute Gasteiger partial charge is 0.290 e. The van der Waals surface area contributed by atoms with E-state index in [0.29, 0.717) is 5.82 Å². The molecule has 0 saturated carbocycles. The highest BCUT2D eigenvalue weighted by molar-refractivity contribution is 5.29. The fourth-order valence-corrected chi connectivity index (χ4v) is 0.721. The minimum Gasteiger partial charge on any atom is -0.365 e. The Morgan fingerprint density at radius 2 is 2.55 bits per heavy atom. The molecule has 4 nitrogen and oxygen atoms in total. The van der Waals surface area contributed by atoms with Crippen molar-refractivity contribution in [3.8, 4) is 0 Å². The Hall–Kier alpha value is -1.32. The molecule has 60 valence electrons. The maximum absolute atomic E-state index is 10.9. The van der Waals surface area contributed by atoms with Crippen LogP contribution >= 0.6 is 0 Å². The summed E-state index contributed by atoms with van der Waals surface area (Å²) >= 11 is 0. The summed E-state index contributed by atoms with van der Waals surface area (Å²) in [5, 5.41) is 2.91.